The number of thiazole rings is 1. The molecule has 0 saturated heterocycles. The molecule has 0 unspecified atom stereocenters. The molecule has 0 aliphatic carbocycles. The Hall–Kier alpha value is -0.900. The molecule has 0 spiro atoms. The van der Waals surface area contributed by atoms with Gasteiger partial charge >= 0.3 is 0 Å². The van der Waals surface area contributed by atoms with Crippen molar-refractivity contribution < 1.29 is 4.79 Å². The van der Waals surface area contributed by atoms with Crippen LogP contribution in [0.4, 0.5) is 0 Å². The Bertz CT molecular complexity index is 481. The minimum absolute atomic E-state index is 0. The van der Waals surface area contributed by atoms with Gasteiger partial charge in [0.2, 0.25) is 5.91 Å². The number of hydrogen-bond donors (Lipinski definition) is 3. The minimum atomic E-state index is -0.228. The minimum Gasteiger partial charge on any atom is -0.350 e. The lowest BCUT2D eigenvalue weighted by atomic mass is 10.1. The van der Waals surface area contributed by atoms with E-state index in [-0.39, 0.29) is 42.0 Å². The van der Waals surface area contributed by atoms with E-state index >= 15 is 0 Å². The average molecular weight is 425 g/mol. The third-order valence-corrected chi connectivity index (χ3v) is 3.19. The summed E-state index contributed by atoms with van der Waals surface area (Å²) in [6.45, 7) is 8.59. The summed E-state index contributed by atoms with van der Waals surface area (Å²) in [6.07, 6.45) is 0. The second-order valence-electron chi connectivity index (χ2n) is 5.46. The predicted octanol–water partition coefficient (Wildman–Crippen LogP) is 1.65. The molecule has 1 aromatic heterocycles. The highest BCUT2D eigenvalue weighted by Crippen LogP contribution is 2.07. The summed E-state index contributed by atoms with van der Waals surface area (Å²) in [5.74, 6) is 0.521. The number of carbonyl (C=O) groups excluding carboxylic acids is 1. The number of hydrogen-bond acceptors (Lipinski definition) is 4. The largest absolute Gasteiger partial charge is 0.350 e. The van der Waals surface area contributed by atoms with E-state index in [1.807, 2.05) is 33.1 Å². The first kappa shape index (κ1) is 20.1. The van der Waals surface area contributed by atoms with Gasteiger partial charge in [0.25, 0.3) is 0 Å². The van der Waals surface area contributed by atoms with Crippen molar-refractivity contribution in [1.82, 2.24) is 20.9 Å². The van der Waals surface area contributed by atoms with Crippen LogP contribution >= 0.6 is 35.3 Å². The predicted molar refractivity (Wildman–Crippen MR) is 98.4 cm³/mol. The molecule has 1 amide bonds. The number of nitrogens with zero attached hydrogens (tertiary/aromatic N) is 2. The standard InChI is InChI=1S/C13H23N5OS.HI/c1-9-8-20-11(17-9)7-16-12(14-5)15-6-10(19)18-13(2,3)4;/h8H,6-7H2,1-5H3,(H,18,19)(H2,14,15,16);1H. The first-order valence-electron chi connectivity index (χ1n) is 6.46. The van der Waals surface area contributed by atoms with Crippen molar-refractivity contribution in [3.05, 3.63) is 16.1 Å². The van der Waals surface area contributed by atoms with Gasteiger partial charge in [0, 0.05) is 23.7 Å². The molecule has 0 bridgehead atoms. The Morgan fingerprint density at radius 2 is 2.05 bits per heavy atom. The molecule has 120 valence electrons. The van der Waals surface area contributed by atoms with E-state index < -0.39 is 0 Å². The summed E-state index contributed by atoms with van der Waals surface area (Å²) in [5, 5.41) is 12.0. The van der Waals surface area contributed by atoms with Gasteiger partial charge in [-0.3, -0.25) is 9.79 Å². The molecule has 0 atom stereocenters. The molecule has 3 N–H and O–H groups in total. The Morgan fingerprint density at radius 3 is 2.52 bits per heavy atom. The van der Waals surface area contributed by atoms with Gasteiger partial charge in [-0.25, -0.2) is 4.98 Å². The van der Waals surface area contributed by atoms with Crippen LogP contribution < -0.4 is 16.0 Å². The van der Waals surface area contributed by atoms with E-state index in [1.165, 1.54) is 0 Å². The number of halogens is 1. The van der Waals surface area contributed by atoms with Gasteiger partial charge in [-0.15, -0.1) is 35.3 Å². The highest BCUT2D eigenvalue weighted by atomic mass is 127. The van der Waals surface area contributed by atoms with Crippen molar-refractivity contribution in [2.75, 3.05) is 13.6 Å². The maximum absolute atomic E-state index is 11.7. The second-order valence-corrected chi connectivity index (χ2v) is 6.40. The van der Waals surface area contributed by atoms with E-state index in [1.54, 1.807) is 18.4 Å². The van der Waals surface area contributed by atoms with Crippen LogP contribution in [0.3, 0.4) is 0 Å². The number of aryl methyl sites for hydroxylation is 1. The van der Waals surface area contributed by atoms with Crippen LogP contribution in [0.15, 0.2) is 10.4 Å². The van der Waals surface area contributed by atoms with E-state index in [0.717, 1.165) is 10.7 Å². The number of rotatable bonds is 4. The van der Waals surface area contributed by atoms with Crippen LogP contribution in [-0.2, 0) is 11.3 Å². The average Bonchev–Trinajstić information content (AvgIpc) is 2.73. The lowest BCUT2D eigenvalue weighted by Gasteiger charge is -2.21. The molecule has 1 rings (SSSR count). The van der Waals surface area contributed by atoms with Gasteiger partial charge in [-0.2, -0.15) is 0 Å². The number of carbonyl (C=O) groups is 1. The zero-order valence-electron chi connectivity index (χ0n) is 13.1. The molecule has 1 heterocycles. The molecule has 8 heteroatoms. The number of guanidine groups is 1. The van der Waals surface area contributed by atoms with Crippen LogP contribution in [0, 0.1) is 6.92 Å². The highest BCUT2D eigenvalue weighted by Gasteiger charge is 2.13. The number of amides is 1. The van der Waals surface area contributed by atoms with Gasteiger partial charge in [0.05, 0.1) is 13.1 Å². The molecule has 21 heavy (non-hydrogen) atoms. The van der Waals surface area contributed by atoms with Crippen LogP contribution in [-0.4, -0.2) is 36.0 Å². The molecule has 1 aromatic rings. The molecule has 0 aliphatic rings. The van der Waals surface area contributed by atoms with Crippen molar-refractivity contribution in [2.45, 2.75) is 39.8 Å². The maximum atomic E-state index is 11.7. The number of nitrogens with one attached hydrogen (secondary N) is 3. The fraction of sp³-hybridized carbons (Fsp3) is 0.615. The van der Waals surface area contributed by atoms with Crippen LogP contribution in [0.5, 0.6) is 0 Å². The van der Waals surface area contributed by atoms with Gasteiger partial charge in [0.1, 0.15) is 5.01 Å². The van der Waals surface area contributed by atoms with Crippen LogP contribution in [0.2, 0.25) is 0 Å². The van der Waals surface area contributed by atoms with Gasteiger partial charge in [0.15, 0.2) is 5.96 Å². The third kappa shape index (κ3) is 8.86. The van der Waals surface area contributed by atoms with Crippen molar-refractivity contribution in [3.63, 3.8) is 0 Å². The molecule has 6 nitrogen and oxygen atoms in total. The zero-order chi connectivity index (χ0) is 15.2. The lowest BCUT2D eigenvalue weighted by molar-refractivity contribution is -0.121. The van der Waals surface area contributed by atoms with Crippen molar-refractivity contribution in [3.8, 4) is 0 Å². The molecule has 0 saturated carbocycles. The Balaban J connectivity index is 0.00000400. The maximum Gasteiger partial charge on any atom is 0.239 e. The number of aliphatic imine (C=N–C) groups is 1. The fourth-order valence-electron chi connectivity index (χ4n) is 1.49. The molecular formula is C13H24IN5OS. The zero-order valence-corrected chi connectivity index (χ0v) is 16.3. The van der Waals surface area contributed by atoms with Crippen LogP contribution in [0.25, 0.3) is 0 Å². The van der Waals surface area contributed by atoms with E-state index in [2.05, 4.69) is 25.9 Å². The molecule has 0 fully saturated rings. The van der Waals surface area contributed by atoms with E-state index in [0.29, 0.717) is 12.5 Å². The molecule has 0 aliphatic heterocycles. The Labute approximate surface area is 147 Å². The lowest BCUT2D eigenvalue weighted by Crippen LogP contribution is -2.48. The van der Waals surface area contributed by atoms with Crippen molar-refractivity contribution in [1.29, 1.82) is 0 Å². The normalized spacial score (nSPS) is 11.6. The highest BCUT2D eigenvalue weighted by molar-refractivity contribution is 14.0. The number of aromatic nitrogens is 1. The Kier molecular flexibility index (Phi) is 8.79. The van der Waals surface area contributed by atoms with Gasteiger partial charge in [-0.05, 0) is 27.7 Å². The van der Waals surface area contributed by atoms with Gasteiger partial charge < -0.3 is 16.0 Å². The Morgan fingerprint density at radius 1 is 1.38 bits per heavy atom. The van der Waals surface area contributed by atoms with E-state index in [9.17, 15) is 4.79 Å². The van der Waals surface area contributed by atoms with Crippen LogP contribution in [0.1, 0.15) is 31.5 Å². The SMILES string of the molecule is CN=C(NCC(=O)NC(C)(C)C)NCc1nc(C)cs1.I. The molecule has 0 radical (unpaired) electrons. The van der Waals surface area contributed by atoms with E-state index in [4.69, 9.17) is 0 Å². The van der Waals surface area contributed by atoms with Crippen molar-refractivity contribution >= 4 is 47.2 Å². The first-order chi connectivity index (χ1) is 9.30. The second kappa shape index (κ2) is 9.19. The summed E-state index contributed by atoms with van der Waals surface area (Å²) in [4.78, 5) is 20.1. The summed E-state index contributed by atoms with van der Waals surface area (Å²) in [6, 6.07) is 0. The smallest absolute Gasteiger partial charge is 0.239 e. The topological polar surface area (TPSA) is 78.4 Å². The summed E-state index contributed by atoms with van der Waals surface area (Å²) in [5.41, 5.74) is 0.785. The summed E-state index contributed by atoms with van der Waals surface area (Å²) < 4.78 is 0. The summed E-state index contributed by atoms with van der Waals surface area (Å²) >= 11 is 1.60. The third-order valence-electron chi connectivity index (χ3n) is 2.23. The molecule has 0 aromatic carbocycles. The van der Waals surface area contributed by atoms with Crippen molar-refractivity contribution in [2.24, 2.45) is 4.99 Å². The molecular weight excluding hydrogens is 401 g/mol. The monoisotopic (exact) mass is 425 g/mol. The quantitative estimate of drug-likeness (QED) is 0.390. The fourth-order valence-corrected chi connectivity index (χ4v) is 2.20. The van der Waals surface area contributed by atoms with Gasteiger partial charge in [-0.1, -0.05) is 0 Å². The first-order valence-corrected chi connectivity index (χ1v) is 7.34. The summed E-state index contributed by atoms with van der Waals surface area (Å²) in [7, 11) is 1.67.